The number of benzene rings is 1. The highest BCUT2D eigenvalue weighted by atomic mass is 35.5. The quantitative estimate of drug-likeness (QED) is 0.625. The number of hydrogen-bond donors (Lipinski definition) is 0. The summed E-state index contributed by atoms with van der Waals surface area (Å²) in [6.45, 7) is 4.28. The van der Waals surface area contributed by atoms with Crippen molar-refractivity contribution in [3.05, 3.63) is 33.8 Å². The molecule has 1 aromatic carbocycles. The Bertz CT molecular complexity index is 375. The predicted molar refractivity (Wildman–Crippen MR) is 69.8 cm³/mol. The fourth-order valence-electron chi connectivity index (χ4n) is 0.931. The van der Waals surface area contributed by atoms with Crippen LogP contribution in [0.5, 0.6) is 0 Å². The standard InChI is InChI=1S/C12H12Cl2.CH3F/c1-9(2)4-3-5-10-6-7-11(13)12(14)8-10;1-2/h6-9H,4H2,1-2H3;1H3. The van der Waals surface area contributed by atoms with Crippen molar-refractivity contribution in [2.24, 2.45) is 5.92 Å². The smallest absolute Gasteiger partial charge is 0.0785 e. The van der Waals surface area contributed by atoms with Gasteiger partial charge in [-0.05, 0) is 24.1 Å². The molecule has 0 saturated heterocycles. The lowest BCUT2D eigenvalue weighted by Gasteiger charge is -1.96. The van der Waals surface area contributed by atoms with Crippen molar-refractivity contribution < 1.29 is 4.39 Å². The average molecular weight is 261 g/mol. The van der Waals surface area contributed by atoms with Crippen LogP contribution < -0.4 is 0 Å². The van der Waals surface area contributed by atoms with Crippen LogP contribution >= 0.6 is 23.2 Å². The van der Waals surface area contributed by atoms with Gasteiger partial charge in [-0.2, -0.15) is 0 Å². The maximum Gasteiger partial charge on any atom is 0.0785 e. The topological polar surface area (TPSA) is 0 Å². The van der Waals surface area contributed by atoms with Crippen molar-refractivity contribution in [2.45, 2.75) is 20.3 Å². The van der Waals surface area contributed by atoms with Crippen LogP contribution in [0.4, 0.5) is 4.39 Å². The third-order valence-electron chi connectivity index (χ3n) is 1.66. The van der Waals surface area contributed by atoms with E-state index in [1.807, 2.05) is 6.07 Å². The van der Waals surface area contributed by atoms with Crippen molar-refractivity contribution in [1.82, 2.24) is 0 Å². The van der Waals surface area contributed by atoms with Crippen LogP contribution in [0.2, 0.25) is 10.0 Å². The van der Waals surface area contributed by atoms with Crippen LogP contribution in [-0.2, 0) is 0 Å². The molecule has 0 heterocycles. The summed E-state index contributed by atoms with van der Waals surface area (Å²) in [5, 5.41) is 1.13. The summed E-state index contributed by atoms with van der Waals surface area (Å²) in [4.78, 5) is 0. The first-order valence-electron chi connectivity index (χ1n) is 4.91. The third-order valence-corrected chi connectivity index (χ3v) is 2.40. The Morgan fingerprint density at radius 3 is 2.31 bits per heavy atom. The van der Waals surface area contributed by atoms with Gasteiger partial charge in [-0.15, -0.1) is 0 Å². The maximum atomic E-state index is 9.50. The van der Waals surface area contributed by atoms with Gasteiger partial charge in [0.15, 0.2) is 0 Å². The van der Waals surface area contributed by atoms with E-state index in [0.29, 0.717) is 23.1 Å². The Hall–Kier alpha value is -0.710. The minimum Gasteiger partial charge on any atom is -0.255 e. The normalized spacial score (nSPS) is 8.94. The third kappa shape index (κ3) is 6.00. The maximum absolute atomic E-state index is 9.50. The molecule has 3 heteroatoms. The Morgan fingerprint density at radius 1 is 1.19 bits per heavy atom. The Kier molecular flexibility index (Phi) is 8.07. The van der Waals surface area contributed by atoms with Gasteiger partial charge in [0, 0.05) is 12.0 Å². The first-order valence-corrected chi connectivity index (χ1v) is 5.67. The van der Waals surface area contributed by atoms with Gasteiger partial charge in [0.05, 0.1) is 17.2 Å². The monoisotopic (exact) mass is 260 g/mol. The fraction of sp³-hybridized carbons (Fsp3) is 0.385. The van der Waals surface area contributed by atoms with Crippen LogP contribution in [0, 0.1) is 17.8 Å². The molecule has 0 aliphatic heterocycles. The predicted octanol–water partition coefficient (Wildman–Crippen LogP) is 4.98. The second-order valence-corrected chi connectivity index (χ2v) is 4.34. The van der Waals surface area contributed by atoms with E-state index in [1.165, 1.54) is 0 Å². The van der Waals surface area contributed by atoms with Crippen LogP contribution in [0.1, 0.15) is 25.8 Å². The zero-order valence-corrected chi connectivity index (χ0v) is 11.2. The zero-order valence-electron chi connectivity index (χ0n) is 9.65. The summed E-state index contributed by atoms with van der Waals surface area (Å²) in [7, 11) is 0.500. The van der Waals surface area contributed by atoms with Gasteiger partial charge in [-0.25, -0.2) is 0 Å². The molecule has 0 amide bonds. The molecule has 0 unspecified atom stereocenters. The van der Waals surface area contributed by atoms with Gasteiger partial charge in [-0.3, -0.25) is 4.39 Å². The van der Waals surface area contributed by atoms with Gasteiger partial charge in [-0.1, -0.05) is 48.9 Å². The van der Waals surface area contributed by atoms with Gasteiger partial charge in [0.1, 0.15) is 0 Å². The summed E-state index contributed by atoms with van der Waals surface area (Å²) >= 11 is 11.6. The molecular formula is C13H15Cl2F. The molecule has 0 N–H and O–H groups in total. The van der Waals surface area contributed by atoms with Crippen molar-refractivity contribution >= 4 is 23.2 Å². The van der Waals surface area contributed by atoms with E-state index in [1.54, 1.807) is 12.1 Å². The van der Waals surface area contributed by atoms with E-state index < -0.39 is 0 Å². The molecule has 0 spiro atoms. The number of hydrogen-bond acceptors (Lipinski definition) is 0. The highest BCUT2D eigenvalue weighted by Crippen LogP contribution is 2.22. The number of alkyl halides is 1. The molecule has 0 aliphatic rings. The van der Waals surface area contributed by atoms with E-state index in [9.17, 15) is 4.39 Å². The molecule has 0 fully saturated rings. The summed E-state index contributed by atoms with van der Waals surface area (Å²) in [5.41, 5.74) is 0.917. The minimum absolute atomic E-state index is 0.500. The average Bonchev–Trinajstić information content (AvgIpc) is 2.26. The molecule has 16 heavy (non-hydrogen) atoms. The van der Waals surface area contributed by atoms with E-state index in [-0.39, 0.29) is 0 Å². The molecular weight excluding hydrogens is 246 g/mol. The molecule has 0 aliphatic carbocycles. The zero-order chi connectivity index (χ0) is 12.6. The summed E-state index contributed by atoms with van der Waals surface area (Å²) in [6.07, 6.45) is 0.903. The number of halogens is 3. The second-order valence-electron chi connectivity index (χ2n) is 3.53. The lowest BCUT2D eigenvalue weighted by molar-refractivity contribution is 0.636. The lowest BCUT2D eigenvalue weighted by atomic mass is 10.1. The molecule has 0 nitrogen and oxygen atoms in total. The van der Waals surface area contributed by atoms with Crippen LogP contribution in [0.3, 0.4) is 0 Å². The molecule has 0 bridgehead atoms. The molecule has 0 saturated carbocycles. The van der Waals surface area contributed by atoms with Crippen molar-refractivity contribution in [3.8, 4) is 11.8 Å². The largest absolute Gasteiger partial charge is 0.255 e. The number of rotatable bonds is 1. The summed E-state index contributed by atoms with van der Waals surface area (Å²) < 4.78 is 9.50. The summed E-state index contributed by atoms with van der Waals surface area (Å²) in [5.74, 6) is 6.75. The molecule has 0 atom stereocenters. The van der Waals surface area contributed by atoms with Gasteiger partial charge < -0.3 is 0 Å². The second kappa shape index (κ2) is 8.44. The first-order chi connectivity index (χ1) is 7.59. The van der Waals surface area contributed by atoms with Crippen molar-refractivity contribution in [3.63, 3.8) is 0 Å². The molecule has 0 radical (unpaired) electrons. The molecule has 0 aromatic heterocycles. The Balaban J connectivity index is 0.00000106. The molecule has 88 valence electrons. The van der Waals surface area contributed by atoms with Crippen molar-refractivity contribution in [2.75, 3.05) is 7.18 Å². The van der Waals surface area contributed by atoms with Gasteiger partial charge in [0.2, 0.25) is 0 Å². The Morgan fingerprint density at radius 2 is 1.81 bits per heavy atom. The van der Waals surface area contributed by atoms with E-state index in [4.69, 9.17) is 23.2 Å². The van der Waals surface area contributed by atoms with Crippen LogP contribution in [-0.4, -0.2) is 7.18 Å². The molecule has 1 rings (SSSR count). The van der Waals surface area contributed by atoms with Gasteiger partial charge >= 0.3 is 0 Å². The fourth-order valence-corrected chi connectivity index (χ4v) is 1.23. The highest BCUT2D eigenvalue weighted by molar-refractivity contribution is 6.42. The van der Waals surface area contributed by atoms with Crippen molar-refractivity contribution in [1.29, 1.82) is 0 Å². The highest BCUT2D eigenvalue weighted by Gasteiger charge is 1.96. The van der Waals surface area contributed by atoms with Crippen LogP contribution in [0.15, 0.2) is 18.2 Å². The summed E-state index contributed by atoms with van der Waals surface area (Å²) in [6, 6.07) is 5.43. The van der Waals surface area contributed by atoms with Gasteiger partial charge in [0.25, 0.3) is 0 Å². The van der Waals surface area contributed by atoms with E-state index in [0.717, 1.165) is 12.0 Å². The van der Waals surface area contributed by atoms with E-state index >= 15 is 0 Å². The SMILES string of the molecule is CC(C)CC#Cc1ccc(Cl)c(Cl)c1.CF. The molecule has 1 aromatic rings. The Labute approximate surface area is 107 Å². The van der Waals surface area contributed by atoms with Crippen LogP contribution in [0.25, 0.3) is 0 Å². The lowest BCUT2D eigenvalue weighted by Crippen LogP contribution is -1.82. The minimum atomic E-state index is 0.500. The first kappa shape index (κ1) is 15.3. The van der Waals surface area contributed by atoms with E-state index in [2.05, 4.69) is 25.7 Å².